The van der Waals surface area contributed by atoms with Crippen molar-refractivity contribution in [2.45, 2.75) is 65.0 Å². The fourth-order valence-corrected chi connectivity index (χ4v) is 3.10. The van der Waals surface area contributed by atoms with Gasteiger partial charge in [-0.15, -0.1) is 0 Å². The van der Waals surface area contributed by atoms with Crippen molar-refractivity contribution in [1.82, 2.24) is 15.3 Å². The standard InChI is InChI=1S/C16H28N4O/c1-5-17-12(4)13-8-6-7-9-20(13)14-10-15(21)19-16(18-14)11(2)3/h10-13,17H,5-9H2,1-4H3,(H,18,19,21). The van der Waals surface area contributed by atoms with Crippen LogP contribution in [0.2, 0.25) is 0 Å². The van der Waals surface area contributed by atoms with E-state index >= 15 is 0 Å². The predicted molar refractivity (Wildman–Crippen MR) is 87.1 cm³/mol. The molecule has 0 spiro atoms. The average Bonchev–Trinajstić information content (AvgIpc) is 2.46. The Morgan fingerprint density at radius 2 is 2.19 bits per heavy atom. The van der Waals surface area contributed by atoms with Gasteiger partial charge in [0, 0.05) is 30.6 Å². The van der Waals surface area contributed by atoms with E-state index in [9.17, 15) is 4.79 Å². The van der Waals surface area contributed by atoms with Gasteiger partial charge in [0.2, 0.25) is 0 Å². The summed E-state index contributed by atoms with van der Waals surface area (Å²) in [6.07, 6.45) is 3.57. The first-order valence-corrected chi connectivity index (χ1v) is 8.14. The Balaban J connectivity index is 2.30. The Morgan fingerprint density at radius 3 is 2.86 bits per heavy atom. The fraction of sp³-hybridized carbons (Fsp3) is 0.750. The fourth-order valence-electron chi connectivity index (χ4n) is 3.10. The summed E-state index contributed by atoms with van der Waals surface area (Å²) in [5.41, 5.74) is -0.0517. The van der Waals surface area contributed by atoms with Crippen molar-refractivity contribution in [3.63, 3.8) is 0 Å². The van der Waals surface area contributed by atoms with Gasteiger partial charge in [0.15, 0.2) is 0 Å². The minimum atomic E-state index is -0.0517. The Morgan fingerprint density at radius 1 is 1.43 bits per heavy atom. The first-order valence-electron chi connectivity index (χ1n) is 8.14. The molecule has 0 aliphatic carbocycles. The molecule has 0 amide bonds. The number of aromatic nitrogens is 2. The Bertz CT molecular complexity index is 511. The molecule has 0 saturated carbocycles. The molecule has 0 radical (unpaired) electrons. The van der Waals surface area contributed by atoms with E-state index in [2.05, 4.69) is 42.9 Å². The predicted octanol–water partition coefficient (Wildman–Crippen LogP) is 2.25. The van der Waals surface area contributed by atoms with Gasteiger partial charge in [-0.05, 0) is 32.7 Å². The molecule has 5 heteroatoms. The molecule has 1 saturated heterocycles. The largest absolute Gasteiger partial charge is 0.352 e. The van der Waals surface area contributed by atoms with Crippen molar-refractivity contribution in [3.05, 3.63) is 22.2 Å². The smallest absolute Gasteiger partial charge is 0.252 e. The maximum Gasteiger partial charge on any atom is 0.252 e. The molecule has 0 bridgehead atoms. The van der Waals surface area contributed by atoms with E-state index in [1.54, 1.807) is 6.07 Å². The second kappa shape index (κ2) is 7.07. The van der Waals surface area contributed by atoms with Crippen molar-refractivity contribution in [3.8, 4) is 0 Å². The molecule has 2 unspecified atom stereocenters. The maximum atomic E-state index is 11.9. The highest BCUT2D eigenvalue weighted by Gasteiger charge is 2.28. The molecule has 2 heterocycles. The number of hydrogen-bond acceptors (Lipinski definition) is 4. The molecule has 21 heavy (non-hydrogen) atoms. The zero-order valence-corrected chi connectivity index (χ0v) is 13.6. The van der Waals surface area contributed by atoms with Gasteiger partial charge >= 0.3 is 0 Å². The van der Waals surface area contributed by atoms with E-state index in [0.29, 0.717) is 12.1 Å². The van der Waals surface area contributed by atoms with Gasteiger partial charge < -0.3 is 15.2 Å². The van der Waals surface area contributed by atoms with Gasteiger partial charge in [-0.3, -0.25) is 4.79 Å². The maximum absolute atomic E-state index is 11.9. The number of H-pyrrole nitrogens is 1. The van der Waals surface area contributed by atoms with Crippen LogP contribution in [0.1, 0.15) is 58.7 Å². The number of nitrogens with one attached hydrogen (secondary N) is 2. The monoisotopic (exact) mass is 292 g/mol. The van der Waals surface area contributed by atoms with Crippen molar-refractivity contribution in [2.75, 3.05) is 18.0 Å². The van der Waals surface area contributed by atoms with Crippen molar-refractivity contribution in [2.24, 2.45) is 0 Å². The molecule has 2 atom stereocenters. The van der Waals surface area contributed by atoms with E-state index in [1.165, 1.54) is 12.8 Å². The molecular formula is C16H28N4O. The SMILES string of the molecule is CCNC(C)C1CCCCN1c1cc(=O)[nH]c(C(C)C)n1. The van der Waals surface area contributed by atoms with Gasteiger partial charge in [0.05, 0.1) is 0 Å². The second-order valence-corrected chi connectivity index (χ2v) is 6.25. The normalized spacial score (nSPS) is 20.8. The molecule has 1 aliphatic rings. The van der Waals surface area contributed by atoms with Crippen LogP contribution in [0.4, 0.5) is 5.82 Å². The summed E-state index contributed by atoms with van der Waals surface area (Å²) < 4.78 is 0. The molecule has 118 valence electrons. The summed E-state index contributed by atoms with van der Waals surface area (Å²) in [7, 11) is 0. The van der Waals surface area contributed by atoms with Crippen molar-refractivity contribution >= 4 is 5.82 Å². The minimum absolute atomic E-state index is 0.0517. The van der Waals surface area contributed by atoms with Gasteiger partial charge in [0.25, 0.3) is 5.56 Å². The van der Waals surface area contributed by atoms with Crippen molar-refractivity contribution in [1.29, 1.82) is 0 Å². The number of anilines is 1. The molecule has 1 aromatic heterocycles. The third-order valence-corrected chi connectivity index (χ3v) is 4.24. The van der Waals surface area contributed by atoms with Gasteiger partial charge in [-0.2, -0.15) is 0 Å². The lowest BCUT2D eigenvalue weighted by Gasteiger charge is -2.40. The Kier molecular flexibility index (Phi) is 5.39. The third-order valence-electron chi connectivity index (χ3n) is 4.24. The molecule has 5 nitrogen and oxygen atoms in total. The first-order chi connectivity index (χ1) is 10.0. The minimum Gasteiger partial charge on any atom is -0.352 e. The zero-order chi connectivity index (χ0) is 15.4. The summed E-state index contributed by atoms with van der Waals surface area (Å²) in [6, 6.07) is 2.45. The topological polar surface area (TPSA) is 61.0 Å². The van der Waals surface area contributed by atoms with Crippen LogP contribution in [0, 0.1) is 0 Å². The van der Waals surface area contributed by atoms with Gasteiger partial charge in [-0.25, -0.2) is 4.98 Å². The average molecular weight is 292 g/mol. The van der Waals surface area contributed by atoms with E-state index in [-0.39, 0.29) is 11.5 Å². The van der Waals surface area contributed by atoms with Gasteiger partial charge in [-0.1, -0.05) is 20.8 Å². The molecule has 2 rings (SSSR count). The highest BCUT2D eigenvalue weighted by atomic mass is 16.1. The third kappa shape index (κ3) is 3.84. The number of nitrogens with zero attached hydrogens (tertiary/aromatic N) is 2. The van der Waals surface area contributed by atoms with Crippen molar-refractivity contribution < 1.29 is 0 Å². The Labute approximate surface area is 127 Å². The first kappa shape index (κ1) is 16.0. The van der Waals surface area contributed by atoms with Gasteiger partial charge in [0.1, 0.15) is 11.6 Å². The van der Waals surface area contributed by atoms with Crippen LogP contribution in [0.15, 0.2) is 10.9 Å². The Hall–Kier alpha value is -1.36. The van der Waals surface area contributed by atoms with Crippen LogP contribution in [-0.2, 0) is 0 Å². The summed E-state index contributed by atoms with van der Waals surface area (Å²) >= 11 is 0. The van der Waals surface area contributed by atoms with Crippen LogP contribution in [0.25, 0.3) is 0 Å². The summed E-state index contributed by atoms with van der Waals surface area (Å²) in [5.74, 6) is 1.84. The molecule has 1 aliphatic heterocycles. The lowest BCUT2D eigenvalue weighted by atomic mass is 9.96. The number of hydrogen-bond donors (Lipinski definition) is 2. The lowest BCUT2D eigenvalue weighted by molar-refractivity contribution is 0.370. The molecular weight excluding hydrogens is 264 g/mol. The molecule has 2 N–H and O–H groups in total. The zero-order valence-electron chi connectivity index (χ0n) is 13.6. The number of likely N-dealkylation sites (N-methyl/N-ethyl adjacent to an activating group) is 1. The van der Waals surface area contributed by atoms with Crippen LogP contribution in [-0.4, -0.2) is 35.1 Å². The molecule has 1 fully saturated rings. The van der Waals surface area contributed by atoms with E-state index in [0.717, 1.165) is 31.2 Å². The highest BCUT2D eigenvalue weighted by molar-refractivity contribution is 5.40. The summed E-state index contributed by atoms with van der Waals surface area (Å²) in [6.45, 7) is 10.4. The quantitative estimate of drug-likeness (QED) is 0.874. The number of piperidine rings is 1. The number of aromatic amines is 1. The number of rotatable bonds is 5. The van der Waals surface area contributed by atoms with Crippen LogP contribution in [0.5, 0.6) is 0 Å². The highest BCUT2D eigenvalue weighted by Crippen LogP contribution is 2.25. The van der Waals surface area contributed by atoms with Crippen LogP contribution < -0.4 is 15.8 Å². The van der Waals surface area contributed by atoms with Crippen LogP contribution in [0.3, 0.4) is 0 Å². The van der Waals surface area contributed by atoms with E-state index in [4.69, 9.17) is 4.98 Å². The second-order valence-electron chi connectivity index (χ2n) is 6.25. The van der Waals surface area contributed by atoms with E-state index < -0.39 is 0 Å². The summed E-state index contributed by atoms with van der Waals surface area (Å²) in [5, 5.41) is 3.51. The molecule has 0 aromatic carbocycles. The lowest BCUT2D eigenvalue weighted by Crippen LogP contribution is -2.51. The van der Waals surface area contributed by atoms with E-state index in [1.807, 2.05) is 0 Å². The molecule has 1 aromatic rings. The van der Waals surface area contributed by atoms with Crippen LogP contribution >= 0.6 is 0 Å². The summed E-state index contributed by atoms with van der Waals surface area (Å²) in [4.78, 5) is 21.8.